The number of ketones is 1. The highest BCUT2D eigenvalue weighted by Gasteiger charge is 2.46. The molecule has 0 spiro atoms. The Bertz CT molecular complexity index is 1500. The number of carbonyl (C=O) groups excluding carboxylic acids is 2. The van der Waals surface area contributed by atoms with Gasteiger partial charge in [0.1, 0.15) is 23.7 Å². The third kappa shape index (κ3) is 4.51. The lowest BCUT2D eigenvalue weighted by Crippen LogP contribution is -2.31. The first kappa shape index (κ1) is 24.1. The number of nitrogens with zero attached hydrogens (tertiary/aromatic N) is 5. The standard InChI is InChI=1S/C28H27N5O4/c1-3-16-37-21-9-6-8-20(17-21)25-23(26(34)24-19(2)30-22-10-4-5-13-32(22)24)27(35)28(36)33(25)14-7-12-31-15-11-29-18-31/h3-6,8-11,13,15,17-18,25,34H,1,7,12,14,16H2,2H3. The van der Waals surface area contributed by atoms with Gasteiger partial charge in [0.2, 0.25) is 0 Å². The third-order valence-electron chi connectivity index (χ3n) is 6.38. The molecular formula is C28H27N5O4. The SMILES string of the molecule is C=CCOc1cccc(C2C(=C(O)c3c(C)nc4ccccn34)C(=O)C(=O)N2CCCn2ccnc2)c1. The number of aryl methyl sites for hydroxylation is 2. The van der Waals surface area contributed by atoms with Crippen LogP contribution >= 0.6 is 0 Å². The van der Waals surface area contributed by atoms with Crippen molar-refractivity contribution >= 4 is 23.1 Å². The summed E-state index contributed by atoms with van der Waals surface area (Å²) in [5, 5.41) is 11.6. The Hall–Kier alpha value is -4.66. The van der Waals surface area contributed by atoms with Crippen LogP contribution < -0.4 is 4.74 Å². The summed E-state index contributed by atoms with van der Waals surface area (Å²) >= 11 is 0. The molecule has 1 fully saturated rings. The quantitative estimate of drug-likeness (QED) is 0.163. The summed E-state index contributed by atoms with van der Waals surface area (Å²) in [7, 11) is 0. The van der Waals surface area contributed by atoms with Crippen LogP contribution in [0.2, 0.25) is 0 Å². The fourth-order valence-corrected chi connectivity index (χ4v) is 4.76. The Morgan fingerprint density at radius 1 is 1.16 bits per heavy atom. The molecular weight excluding hydrogens is 470 g/mol. The molecule has 9 heteroatoms. The van der Waals surface area contributed by atoms with Gasteiger partial charge in [-0.3, -0.25) is 14.0 Å². The number of aromatic nitrogens is 4. The van der Waals surface area contributed by atoms with Crippen molar-refractivity contribution in [1.29, 1.82) is 0 Å². The number of carbonyl (C=O) groups is 2. The smallest absolute Gasteiger partial charge is 0.295 e. The summed E-state index contributed by atoms with van der Waals surface area (Å²) in [6.45, 7) is 6.71. The van der Waals surface area contributed by atoms with E-state index in [2.05, 4.69) is 16.5 Å². The number of likely N-dealkylation sites (tertiary alicyclic amines) is 1. The number of benzene rings is 1. The molecule has 1 aromatic carbocycles. The van der Waals surface area contributed by atoms with Gasteiger partial charge in [0, 0.05) is 31.7 Å². The van der Waals surface area contributed by atoms with Gasteiger partial charge in [0.05, 0.1) is 23.6 Å². The minimum absolute atomic E-state index is 0.0299. The summed E-state index contributed by atoms with van der Waals surface area (Å²) in [6, 6.07) is 11.9. The molecule has 0 saturated carbocycles. The van der Waals surface area contributed by atoms with Crippen molar-refractivity contribution in [1.82, 2.24) is 23.8 Å². The second-order valence-corrected chi connectivity index (χ2v) is 8.79. The Labute approximate surface area is 214 Å². The van der Waals surface area contributed by atoms with Crippen LogP contribution in [0.5, 0.6) is 5.75 Å². The number of fused-ring (bicyclic) bond motifs is 1. The van der Waals surface area contributed by atoms with E-state index in [4.69, 9.17) is 4.74 Å². The molecule has 1 saturated heterocycles. The topological polar surface area (TPSA) is 102 Å². The molecule has 1 amide bonds. The average molecular weight is 498 g/mol. The van der Waals surface area contributed by atoms with Gasteiger partial charge in [0.15, 0.2) is 5.76 Å². The van der Waals surface area contributed by atoms with E-state index < -0.39 is 17.7 Å². The first-order chi connectivity index (χ1) is 18.0. The van der Waals surface area contributed by atoms with Crippen LogP contribution in [0, 0.1) is 6.92 Å². The lowest BCUT2D eigenvalue weighted by molar-refractivity contribution is -0.139. The Kier molecular flexibility index (Phi) is 6.59. The van der Waals surface area contributed by atoms with E-state index in [0.29, 0.717) is 54.5 Å². The van der Waals surface area contributed by atoms with Crippen LogP contribution in [0.25, 0.3) is 11.4 Å². The maximum absolute atomic E-state index is 13.4. The maximum atomic E-state index is 13.4. The van der Waals surface area contributed by atoms with Gasteiger partial charge in [0.25, 0.3) is 11.7 Å². The molecule has 4 heterocycles. The zero-order chi connectivity index (χ0) is 25.9. The maximum Gasteiger partial charge on any atom is 0.295 e. The molecule has 0 radical (unpaired) electrons. The molecule has 1 unspecified atom stereocenters. The molecule has 0 aliphatic carbocycles. The number of ether oxygens (including phenoxy) is 1. The van der Waals surface area contributed by atoms with Crippen molar-refractivity contribution in [3.8, 4) is 5.75 Å². The van der Waals surface area contributed by atoms with E-state index in [-0.39, 0.29) is 11.3 Å². The number of hydrogen-bond donors (Lipinski definition) is 1. The van der Waals surface area contributed by atoms with E-state index >= 15 is 0 Å². The summed E-state index contributed by atoms with van der Waals surface area (Å²) in [4.78, 5) is 36.8. The second kappa shape index (κ2) is 10.1. The van der Waals surface area contributed by atoms with Crippen molar-refractivity contribution in [2.75, 3.05) is 13.2 Å². The summed E-state index contributed by atoms with van der Waals surface area (Å²) in [6.07, 6.45) is 9.26. The summed E-state index contributed by atoms with van der Waals surface area (Å²) in [5.74, 6) is -1.06. The van der Waals surface area contributed by atoms with Crippen LogP contribution in [-0.2, 0) is 16.1 Å². The van der Waals surface area contributed by atoms with Crippen molar-refractivity contribution in [3.63, 3.8) is 0 Å². The monoisotopic (exact) mass is 497 g/mol. The molecule has 3 aromatic heterocycles. The zero-order valence-electron chi connectivity index (χ0n) is 20.4. The van der Waals surface area contributed by atoms with Crippen molar-refractivity contribution in [2.45, 2.75) is 25.9 Å². The molecule has 9 nitrogen and oxygen atoms in total. The fourth-order valence-electron chi connectivity index (χ4n) is 4.76. The van der Waals surface area contributed by atoms with Crippen molar-refractivity contribution < 1.29 is 19.4 Å². The van der Waals surface area contributed by atoms with E-state index in [1.807, 2.05) is 35.0 Å². The van der Waals surface area contributed by atoms with E-state index in [1.54, 1.807) is 54.3 Å². The molecule has 188 valence electrons. The highest BCUT2D eigenvalue weighted by atomic mass is 16.5. The Morgan fingerprint density at radius 3 is 2.81 bits per heavy atom. The molecule has 37 heavy (non-hydrogen) atoms. The van der Waals surface area contributed by atoms with Crippen LogP contribution in [0.1, 0.15) is 29.4 Å². The predicted molar refractivity (Wildman–Crippen MR) is 138 cm³/mol. The highest BCUT2D eigenvalue weighted by Crippen LogP contribution is 2.40. The first-order valence-electron chi connectivity index (χ1n) is 12.0. The van der Waals surface area contributed by atoms with Gasteiger partial charge < -0.3 is 19.3 Å². The van der Waals surface area contributed by atoms with Gasteiger partial charge in [-0.05, 0) is 43.2 Å². The number of hydrogen-bond acceptors (Lipinski definition) is 6. The van der Waals surface area contributed by atoms with E-state index in [9.17, 15) is 14.7 Å². The van der Waals surface area contributed by atoms with Crippen LogP contribution in [0.3, 0.4) is 0 Å². The second-order valence-electron chi connectivity index (χ2n) is 8.79. The molecule has 1 aliphatic rings. The summed E-state index contributed by atoms with van der Waals surface area (Å²) in [5.41, 5.74) is 2.26. The average Bonchev–Trinajstić information content (AvgIpc) is 3.60. The molecule has 0 bridgehead atoms. The largest absolute Gasteiger partial charge is 0.505 e. The number of pyridine rings is 1. The van der Waals surface area contributed by atoms with Crippen LogP contribution in [-0.4, -0.2) is 53.8 Å². The zero-order valence-corrected chi connectivity index (χ0v) is 20.4. The number of Topliss-reactive ketones (excluding diaryl/α,β-unsaturated/α-hetero) is 1. The number of amides is 1. The highest BCUT2D eigenvalue weighted by molar-refractivity contribution is 6.46. The van der Waals surface area contributed by atoms with Crippen LogP contribution in [0.15, 0.2) is 85.6 Å². The lowest BCUT2D eigenvalue weighted by Gasteiger charge is -2.25. The minimum atomic E-state index is -0.788. The molecule has 5 rings (SSSR count). The molecule has 1 atom stereocenters. The number of imidazole rings is 2. The lowest BCUT2D eigenvalue weighted by atomic mass is 9.96. The first-order valence-corrected chi connectivity index (χ1v) is 12.0. The fraction of sp³-hybridized carbons (Fsp3) is 0.214. The molecule has 1 aliphatic heterocycles. The molecule has 1 N–H and O–H groups in total. The summed E-state index contributed by atoms with van der Waals surface area (Å²) < 4.78 is 9.34. The molecule has 4 aromatic rings. The van der Waals surface area contributed by atoms with Gasteiger partial charge in [-0.2, -0.15) is 0 Å². The van der Waals surface area contributed by atoms with Gasteiger partial charge in [-0.15, -0.1) is 0 Å². The number of aliphatic hydroxyl groups excluding tert-OH is 1. The normalized spacial score (nSPS) is 17.0. The number of rotatable bonds is 9. The van der Waals surface area contributed by atoms with E-state index in [1.165, 1.54) is 4.90 Å². The Morgan fingerprint density at radius 2 is 2.03 bits per heavy atom. The Balaban J connectivity index is 1.60. The van der Waals surface area contributed by atoms with Gasteiger partial charge in [-0.25, -0.2) is 9.97 Å². The van der Waals surface area contributed by atoms with Gasteiger partial charge >= 0.3 is 0 Å². The van der Waals surface area contributed by atoms with Gasteiger partial charge in [-0.1, -0.05) is 30.9 Å². The third-order valence-corrected chi connectivity index (χ3v) is 6.38. The number of aliphatic hydroxyl groups is 1. The predicted octanol–water partition coefficient (Wildman–Crippen LogP) is 3.92. The minimum Gasteiger partial charge on any atom is -0.505 e. The van der Waals surface area contributed by atoms with Crippen molar-refractivity contribution in [3.05, 3.63) is 103 Å². The van der Waals surface area contributed by atoms with Crippen LogP contribution in [0.4, 0.5) is 0 Å². The van der Waals surface area contributed by atoms with Crippen molar-refractivity contribution in [2.24, 2.45) is 0 Å². The van der Waals surface area contributed by atoms with E-state index in [0.717, 1.165) is 0 Å².